The zero-order valence-corrected chi connectivity index (χ0v) is 12.2. The molecule has 0 atom stereocenters. The molecule has 5 heteroatoms. The van der Waals surface area contributed by atoms with E-state index in [0.717, 1.165) is 36.6 Å². The van der Waals surface area contributed by atoms with Crippen LogP contribution >= 0.6 is 0 Å². The first-order valence-electron chi connectivity index (χ1n) is 6.90. The fourth-order valence-electron chi connectivity index (χ4n) is 1.79. The van der Waals surface area contributed by atoms with Gasteiger partial charge in [-0.15, -0.1) is 0 Å². The molecule has 0 radical (unpaired) electrons. The molecule has 2 aromatic heterocycles. The topological polar surface area (TPSA) is 59.9 Å². The van der Waals surface area contributed by atoms with E-state index in [0.29, 0.717) is 11.7 Å². The van der Waals surface area contributed by atoms with Crippen molar-refractivity contribution in [3.8, 4) is 17.4 Å². The number of rotatable bonds is 6. The van der Waals surface area contributed by atoms with Gasteiger partial charge in [0.2, 0.25) is 5.88 Å². The van der Waals surface area contributed by atoms with Crippen LogP contribution in [0, 0.1) is 0 Å². The van der Waals surface area contributed by atoms with E-state index in [1.54, 1.807) is 7.11 Å². The van der Waals surface area contributed by atoms with Gasteiger partial charge in [0.25, 0.3) is 0 Å². The van der Waals surface area contributed by atoms with E-state index in [1.165, 1.54) is 0 Å². The van der Waals surface area contributed by atoms with Crippen LogP contribution in [-0.2, 0) is 6.42 Å². The number of nitrogens with zero attached hydrogens (tertiary/aromatic N) is 3. The molecule has 0 amide bonds. The Kier molecular flexibility index (Phi) is 4.87. The van der Waals surface area contributed by atoms with Crippen LogP contribution in [0.2, 0.25) is 0 Å². The Morgan fingerprint density at radius 1 is 1.15 bits per heavy atom. The molecule has 106 valence electrons. The largest absolute Gasteiger partial charge is 0.481 e. The van der Waals surface area contributed by atoms with Crippen LogP contribution in [0.4, 0.5) is 5.82 Å². The molecule has 1 N–H and O–H groups in total. The maximum Gasteiger partial charge on any atom is 0.213 e. The Morgan fingerprint density at radius 3 is 2.70 bits per heavy atom. The zero-order valence-electron chi connectivity index (χ0n) is 12.2. The van der Waals surface area contributed by atoms with Crippen LogP contribution in [0.25, 0.3) is 11.5 Å². The third-order valence-corrected chi connectivity index (χ3v) is 2.86. The number of aryl methyl sites for hydroxylation is 1. The average molecular weight is 272 g/mol. The first-order valence-corrected chi connectivity index (χ1v) is 6.90. The number of nitrogens with one attached hydrogen (secondary N) is 1. The minimum absolute atomic E-state index is 0.566. The Balaban J connectivity index is 2.38. The van der Waals surface area contributed by atoms with Gasteiger partial charge in [0.15, 0.2) is 5.82 Å². The molecule has 2 rings (SSSR count). The molecule has 0 aliphatic carbocycles. The maximum atomic E-state index is 5.15. The molecule has 0 aliphatic rings. The standard InChI is InChI=1S/C15H20N4O/c1-4-9-16-13-10-11(5-2)17-15(19-13)12-7-6-8-14(18-12)20-3/h6-8,10H,4-5,9H2,1-3H3,(H,16,17,19). The number of hydrogen-bond acceptors (Lipinski definition) is 5. The van der Waals surface area contributed by atoms with E-state index >= 15 is 0 Å². The first-order chi connectivity index (χ1) is 9.76. The predicted molar refractivity (Wildman–Crippen MR) is 80.0 cm³/mol. The monoisotopic (exact) mass is 272 g/mol. The molecule has 0 aromatic carbocycles. The summed E-state index contributed by atoms with van der Waals surface area (Å²) in [5.74, 6) is 2.04. The highest BCUT2D eigenvalue weighted by Crippen LogP contribution is 2.19. The van der Waals surface area contributed by atoms with Gasteiger partial charge in [-0.3, -0.25) is 0 Å². The molecular formula is C15H20N4O. The van der Waals surface area contributed by atoms with Crippen molar-refractivity contribution in [3.63, 3.8) is 0 Å². The van der Waals surface area contributed by atoms with Crippen molar-refractivity contribution >= 4 is 5.82 Å². The molecule has 0 aliphatic heterocycles. The lowest BCUT2D eigenvalue weighted by Gasteiger charge is -2.09. The molecule has 0 spiro atoms. The van der Waals surface area contributed by atoms with Gasteiger partial charge in [-0.05, 0) is 18.9 Å². The summed E-state index contributed by atoms with van der Waals surface area (Å²) < 4.78 is 5.15. The number of hydrogen-bond donors (Lipinski definition) is 1. The number of ether oxygens (including phenoxy) is 1. The lowest BCUT2D eigenvalue weighted by atomic mass is 10.2. The Morgan fingerprint density at radius 2 is 2.00 bits per heavy atom. The van der Waals surface area contributed by atoms with Crippen LogP contribution < -0.4 is 10.1 Å². The zero-order chi connectivity index (χ0) is 14.4. The van der Waals surface area contributed by atoms with E-state index in [2.05, 4.69) is 34.1 Å². The van der Waals surface area contributed by atoms with E-state index in [9.17, 15) is 0 Å². The molecular weight excluding hydrogens is 252 g/mol. The molecule has 0 saturated heterocycles. The molecule has 0 fully saturated rings. The van der Waals surface area contributed by atoms with Gasteiger partial charge in [0, 0.05) is 24.4 Å². The van der Waals surface area contributed by atoms with Gasteiger partial charge in [0.1, 0.15) is 11.5 Å². The van der Waals surface area contributed by atoms with Crippen LogP contribution in [0.3, 0.4) is 0 Å². The highest BCUT2D eigenvalue weighted by Gasteiger charge is 2.08. The summed E-state index contributed by atoms with van der Waals surface area (Å²) >= 11 is 0. The molecule has 2 heterocycles. The summed E-state index contributed by atoms with van der Waals surface area (Å²) in [6.07, 6.45) is 1.92. The Labute approximate surface area is 119 Å². The van der Waals surface area contributed by atoms with Crippen LogP contribution in [0.5, 0.6) is 5.88 Å². The summed E-state index contributed by atoms with van der Waals surface area (Å²) in [5, 5.41) is 3.30. The second-order valence-corrected chi connectivity index (χ2v) is 4.41. The van der Waals surface area contributed by atoms with Crippen molar-refractivity contribution in [3.05, 3.63) is 30.0 Å². The number of aromatic nitrogens is 3. The van der Waals surface area contributed by atoms with E-state index in [4.69, 9.17) is 4.74 Å². The minimum atomic E-state index is 0.566. The Hall–Kier alpha value is -2.17. The quantitative estimate of drug-likeness (QED) is 0.876. The summed E-state index contributed by atoms with van der Waals surface area (Å²) in [5.41, 5.74) is 1.72. The van der Waals surface area contributed by atoms with Gasteiger partial charge in [-0.1, -0.05) is 19.9 Å². The van der Waals surface area contributed by atoms with Crippen molar-refractivity contribution in [2.24, 2.45) is 0 Å². The van der Waals surface area contributed by atoms with Crippen LogP contribution in [0.15, 0.2) is 24.3 Å². The van der Waals surface area contributed by atoms with Gasteiger partial charge >= 0.3 is 0 Å². The third-order valence-electron chi connectivity index (χ3n) is 2.86. The predicted octanol–water partition coefficient (Wildman–Crippen LogP) is 2.93. The van der Waals surface area contributed by atoms with E-state index in [1.807, 2.05) is 24.3 Å². The van der Waals surface area contributed by atoms with Gasteiger partial charge in [-0.25, -0.2) is 15.0 Å². The number of anilines is 1. The van der Waals surface area contributed by atoms with Crippen LogP contribution in [-0.4, -0.2) is 28.6 Å². The van der Waals surface area contributed by atoms with Crippen molar-refractivity contribution in [1.29, 1.82) is 0 Å². The fraction of sp³-hybridized carbons (Fsp3) is 0.400. The van der Waals surface area contributed by atoms with E-state index in [-0.39, 0.29) is 0 Å². The average Bonchev–Trinajstić information content (AvgIpc) is 2.52. The summed E-state index contributed by atoms with van der Waals surface area (Å²) in [4.78, 5) is 13.4. The number of methoxy groups -OCH3 is 1. The second kappa shape index (κ2) is 6.84. The number of pyridine rings is 1. The van der Waals surface area contributed by atoms with Gasteiger partial charge < -0.3 is 10.1 Å². The van der Waals surface area contributed by atoms with Gasteiger partial charge in [-0.2, -0.15) is 0 Å². The Bertz CT molecular complexity index is 572. The molecule has 0 unspecified atom stereocenters. The first kappa shape index (κ1) is 14.2. The molecule has 20 heavy (non-hydrogen) atoms. The summed E-state index contributed by atoms with van der Waals surface area (Å²) in [6, 6.07) is 7.58. The summed E-state index contributed by atoms with van der Waals surface area (Å²) in [6.45, 7) is 5.10. The van der Waals surface area contributed by atoms with Crippen molar-refractivity contribution in [1.82, 2.24) is 15.0 Å². The second-order valence-electron chi connectivity index (χ2n) is 4.41. The van der Waals surface area contributed by atoms with Gasteiger partial charge in [0.05, 0.1) is 7.11 Å². The third kappa shape index (κ3) is 3.44. The lowest BCUT2D eigenvalue weighted by Crippen LogP contribution is -2.06. The lowest BCUT2D eigenvalue weighted by molar-refractivity contribution is 0.398. The maximum absolute atomic E-state index is 5.15. The van der Waals surface area contributed by atoms with Crippen molar-refractivity contribution < 1.29 is 4.74 Å². The SMILES string of the molecule is CCCNc1cc(CC)nc(-c2cccc(OC)n2)n1. The van der Waals surface area contributed by atoms with Crippen molar-refractivity contribution in [2.75, 3.05) is 19.0 Å². The fourth-order valence-corrected chi connectivity index (χ4v) is 1.79. The van der Waals surface area contributed by atoms with Crippen LogP contribution in [0.1, 0.15) is 26.0 Å². The van der Waals surface area contributed by atoms with E-state index < -0.39 is 0 Å². The molecule has 0 bridgehead atoms. The minimum Gasteiger partial charge on any atom is -0.481 e. The van der Waals surface area contributed by atoms with Crippen molar-refractivity contribution in [2.45, 2.75) is 26.7 Å². The normalized spacial score (nSPS) is 10.3. The summed E-state index contributed by atoms with van der Waals surface area (Å²) in [7, 11) is 1.60. The molecule has 2 aromatic rings. The highest BCUT2D eigenvalue weighted by molar-refractivity contribution is 5.54. The smallest absolute Gasteiger partial charge is 0.213 e. The molecule has 5 nitrogen and oxygen atoms in total. The molecule has 0 saturated carbocycles. The highest BCUT2D eigenvalue weighted by atomic mass is 16.5.